The highest BCUT2D eigenvalue weighted by atomic mass is 35.5. The minimum absolute atomic E-state index is 0.0973. The van der Waals surface area contributed by atoms with Crippen LogP contribution in [0.15, 0.2) is 52.6 Å². The van der Waals surface area contributed by atoms with Crippen molar-refractivity contribution >= 4 is 33.4 Å². The number of aryl methyl sites for hydroxylation is 1. The number of rotatable bonds is 3. The smallest absolute Gasteiger partial charge is 0.340 e. The zero-order chi connectivity index (χ0) is 16.4. The molecular weight excluding hydrogens is 338 g/mol. The predicted molar refractivity (Wildman–Crippen MR) is 88.1 cm³/mol. The number of pyridine rings is 1. The fraction of sp³-hybridized carbons (Fsp3) is 0.200. The molecule has 3 rings (SSSR count). The average molecular weight is 352 g/mol. The van der Waals surface area contributed by atoms with E-state index in [-0.39, 0.29) is 10.8 Å². The molecule has 0 saturated heterocycles. The molecule has 0 N–H and O–H groups in total. The van der Waals surface area contributed by atoms with Crippen LogP contribution in [-0.2, 0) is 14.3 Å². The van der Waals surface area contributed by atoms with E-state index >= 15 is 0 Å². The third-order valence-electron chi connectivity index (χ3n) is 3.27. The SMILES string of the molecule is Cc1ccc(S(=O)(=O)OC2=NN(c3ncccc3Cl)CC2)cc1. The Bertz CT molecular complexity index is 851. The average Bonchev–Trinajstić information content (AvgIpc) is 2.95. The summed E-state index contributed by atoms with van der Waals surface area (Å²) in [5.41, 5.74) is 0.970. The molecule has 0 spiro atoms. The molecule has 0 aliphatic carbocycles. The minimum Gasteiger partial charge on any atom is -0.361 e. The highest BCUT2D eigenvalue weighted by Crippen LogP contribution is 2.26. The van der Waals surface area contributed by atoms with E-state index in [9.17, 15) is 8.42 Å². The number of halogens is 1. The molecule has 2 aromatic rings. The lowest BCUT2D eigenvalue weighted by molar-refractivity contribution is 0.477. The maximum absolute atomic E-state index is 12.2. The van der Waals surface area contributed by atoms with Gasteiger partial charge in [-0.3, -0.25) is 0 Å². The third kappa shape index (κ3) is 3.46. The standard InChI is InChI=1S/C15H14ClN3O3S/c1-11-4-6-12(7-5-11)23(20,21)22-14-8-10-19(18-14)15-13(16)3-2-9-17-15/h2-7,9H,8,10H2,1H3. The normalized spacial score (nSPS) is 14.7. The number of anilines is 1. The zero-order valence-electron chi connectivity index (χ0n) is 12.3. The van der Waals surface area contributed by atoms with Gasteiger partial charge in [-0.05, 0) is 31.2 Å². The fourth-order valence-corrected chi connectivity index (χ4v) is 3.25. The van der Waals surface area contributed by atoms with Crippen molar-refractivity contribution in [2.75, 3.05) is 11.6 Å². The molecule has 0 atom stereocenters. The van der Waals surface area contributed by atoms with Crippen molar-refractivity contribution in [1.82, 2.24) is 4.98 Å². The molecule has 0 fully saturated rings. The second-order valence-electron chi connectivity index (χ2n) is 5.03. The maximum Gasteiger partial charge on any atom is 0.340 e. The molecule has 0 bridgehead atoms. The van der Waals surface area contributed by atoms with Gasteiger partial charge in [0.2, 0.25) is 5.90 Å². The Labute approximate surface area is 139 Å². The number of benzene rings is 1. The lowest BCUT2D eigenvalue weighted by atomic mass is 10.2. The van der Waals surface area contributed by atoms with Crippen LogP contribution in [0, 0.1) is 6.92 Å². The van der Waals surface area contributed by atoms with E-state index in [0.29, 0.717) is 23.8 Å². The third-order valence-corrected chi connectivity index (χ3v) is 4.83. The van der Waals surface area contributed by atoms with Crippen molar-refractivity contribution in [3.63, 3.8) is 0 Å². The van der Waals surface area contributed by atoms with Gasteiger partial charge in [0.15, 0.2) is 5.82 Å². The molecule has 0 amide bonds. The summed E-state index contributed by atoms with van der Waals surface area (Å²) >= 11 is 6.06. The Hall–Kier alpha value is -2.12. The first kappa shape index (κ1) is 15.8. The van der Waals surface area contributed by atoms with E-state index in [1.807, 2.05) is 6.92 Å². The summed E-state index contributed by atoms with van der Waals surface area (Å²) in [6, 6.07) is 9.85. The number of aromatic nitrogens is 1. The van der Waals surface area contributed by atoms with Crippen molar-refractivity contribution in [2.24, 2.45) is 5.10 Å². The van der Waals surface area contributed by atoms with Crippen molar-refractivity contribution in [1.29, 1.82) is 0 Å². The summed E-state index contributed by atoms with van der Waals surface area (Å²) in [7, 11) is -3.89. The van der Waals surface area contributed by atoms with E-state index < -0.39 is 10.1 Å². The summed E-state index contributed by atoms with van der Waals surface area (Å²) in [5.74, 6) is 0.591. The quantitative estimate of drug-likeness (QED) is 0.795. The highest BCUT2D eigenvalue weighted by molar-refractivity contribution is 7.87. The Morgan fingerprint density at radius 3 is 2.65 bits per heavy atom. The van der Waals surface area contributed by atoms with Crippen LogP contribution in [-0.4, -0.2) is 25.8 Å². The van der Waals surface area contributed by atoms with Crippen LogP contribution >= 0.6 is 11.6 Å². The molecule has 8 heteroatoms. The molecule has 6 nitrogen and oxygen atoms in total. The van der Waals surface area contributed by atoms with Gasteiger partial charge in [-0.25, -0.2) is 9.99 Å². The van der Waals surface area contributed by atoms with Gasteiger partial charge in [-0.15, -0.1) is 5.10 Å². The summed E-state index contributed by atoms with van der Waals surface area (Å²) in [4.78, 5) is 4.24. The van der Waals surface area contributed by atoms with Gasteiger partial charge >= 0.3 is 10.1 Å². The first-order valence-corrected chi connectivity index (χ1v) is 8.71. The van der Waals surface area contributed by atoms with E-state index in [0.717, 1.165) is 5.56 Å². The van der Waals surface area contributed by atoms with Crippen molar-refractivity contribution in [2.45, 2.75) is 18.2 Å². The molecule has 1 aliphatic heterocycles. The van der Waals surface area contributed by atoms with Gasteiger partial charge in [0.05, 0.1) is 11.6 Å². The molecule has 1 aromatic heterocycles. The number of hydrogen-bond acceptors (Lipinski definition) is 6. The summed E-state index contributed by atoms with van der Waals surface area (Å²) in [6.45, 7) is 2.34. The Morgan fingerprint density at radius 1 is 1.22 bits per heavy atom. The number of hydrazone groups is 1. The Kier molecular flexibility index (Phi) is 4.23. The molecule has 120 valence electrons. The molecular formula is C15H14ClN3O3S. The molecule has 0 unspecified atom stereocenters. The van der Waals surface area contributed by atoms with Gasteiger partial charge in [0.25, 0.3) is 0 Å². The Balaban J connectivity index is 1.80. The van der Waals surface area contributed by atoms with Crippen molar-refractivity contribution in [3.05, 3.63) is 53.2 Å². The maximum atomic E-state index is 12.2. The van der Waals surface area contributed by atoms with Crippen LogP contribution in [0.25, 0.3) is 0 Å². The van der Waals surface area contributed by atoms with Gasteiger partial charge in [-0.1, -0.05) is 29.3 Å². The largest absolute Gasteiger partial charge is 0.361 e. The summed E-state index contributed by atoms with van der Waals surface area (Å²) in [6.07, 6.45) is 1.95. The van der Waals surface area contributed by atoms with Crippen LogP contribution in [0.3, 0.4) is 0 Å². The predicted octanol–water partition coefficient (Wildman–Crippen LogP) is 2.97. The lowest BCUT2D eigenvalue weighted by Gasteiger charge is -2.12. The second-order valence-corrected chi connectivity index (χ2v) is 6.98. The van der Waals surface area contributed by atoms with E-state index in [1.165, 1.54) is 17.1 Å². The first-order valence-electron chi connectivity index (χ1n) is 6.92. The molecule has 1 aromatic carbocycles. The lowest BCUT2D eigenvalue weighted by Crippen LogP contribution is -2.13. The number of nitrogens with zero attached hydrogens (tertiary/aromatic N) is 3. The van der Waals surface area contributed by atoms with Gasteiger partial charge in [0, 0.05) is 12.6 Å². The summed E-state index contributed by atoms with van der Waals surface area (Å²) in [5, 5.41) is 6.12. The van der Waals surface area contributed by atoms with Crippen molar-refractivity contribution < 1.29 is 12.6 Å². The fourth-order valence-electron chi connectivity index (χ4n) is 2.09. The van der Waals surface area contributed by atoms with E-state index in [1.54, 1.807) is 30.5 Å². The topological polar surface area (TPSA) is 71.9 Å². The highest BCUT2D eigenvalue weighted by Gasteiger charge is 2.25. The Morgan fingerprint density at radius 2 is 1.96 bits per heavy atom. The monoisotopic (exact) mass is 351 g/mol. The van der Waals surface area contributed by atoms with Gasteiger partial charge < -0.3 is 4.18 Å². The minimum atomic E-state index is -3.89. The number of hydrogen-bond donors (Lipinski definition) is 0. The van der Waals surface area contributed by atoms with Crippen LogP contribution in [0.5, 0.6) is 0 Å². The van der Waals surface area contributed by atoms with E-state index in [2.05, 4.69) is 10.1 Å². The van der Waals surface area contributed by atoms with Crippen LogP contribution in [0.1, 0.15) is 12.0 Å². The van der Waals surface area contributed by atoms with Gasteiger partial charge in [-0.2, -0.15) is 8.42 Å². The van der Waals surface area contributed by atoms with Crippen LogP contribution < -0.4 is 5.01 Å². The first-order chi connectivity index (χ1) is 11.0. The van der Waals surface area contributed by atoms with Gasteiger partial charge in [0.1, 0.15) is 4.90 Å². The molecule has 0 radical (unpaired) electrons. The second kappa shape index (κ2) is 6.17. The molecule has 1 aliphatic rings. The van der Waals surface area contributed by atoms with Crippen LogP contribution in [0.2, 0.25) is 5.02 Å². The molecule has 0 saturated carbocycles. The molecule has 2 heterocycles. The zero-order valence-corrected chi connectivity index (χ0v) is 13.9. The van der Waals surface area contributed by atoms with E-state index in [4.69, 9.17) is 15.8 Å². The van der Waals surface area contributed by atoms with Crippen molar-refractivity contribution in [3.8, 4) is 0 Å². The summed E-state index contributed by atoms with van der Waals surface area (Å²) < 4.78 is 29.6. The van der Waals surface area contributed by atoms with Crippen LogP contribution in [0.4, 0.5) is 5.82 Å². The molecule has 23 heavy (non-hydrogen) atoms.